The molecule has 0 saturated carbocycles. The van der Waals surface area contributed by atoms with E-state index in [2.05, 4.69) is 10.1 Å². The summed E-state index contributed by atoms with van der Waals surface area (Å²) < 4.78 is 4.33. The van der Waals surface area contributed by atoms with Gasteiger partial charge in [0.1, 0.15) is 6.04 Å². The van der Waals surface area contributed by atoms with Gasteiger partial charge in [0.25, 0.3) is 11.8 Å². The number of amides is 3. The number of ether oxygens (including phenoxy) is 1. The molecule has 20 heavy (non-hydrogen) atoms. The van der Waals surface area contributed by atoms with E-state index in [4.69, 9.17) is 0 Å². The number of nitrogens with zero attached hydrogens (tertiary/aromatic N) is 1. The molecule has 1 saturated heterocycles. The van der Waals surface area contributed by atoms with Crippen LogP contribution in [-0.4, -0.2) is 41.4 Å². The van der Waals surface area contributed by atoms with Crippen molar-refractivity contribution in [2.24, 2.45) is 0 Å². The van der Waals surface area contributed by atoms with Crippen molar-refractivity contribution >= 4 is 23.9 Å². The van der Waals surface area contributed by atoms with Crippen LogP contribution in [0.4, 0.5) is 4.79 Å². The Balaban J connectivity index is 1.71. The van der Waals surface area contributed by atoms with Gasteiger partial charge in [-0.2, -0.15) is 0 Å². The lowest BCUT2D eigenvalue weighted by Crippen LogP contribution is -2.37. The predicted molar refractivity (Wildman–Crippen MR) is 64.8 cm³/mol. The normalized spacial score (nSPS) is 21.0. The van der Waals surface area contributed by atoms with Crippen LogP contribution in [0.25, 0.3) is 0 Å². The lowest BCUT2D eigenvalue weighted by molar-refractivity contribution is -0.135. The zero-order chi connectivity index (χ0) is 14.3. The fraction of sp³-hybridized carbons (Fsp3) is 0.231. The van der Waals surface area contributed by atoms with Crippen LogP contribution in [0.1, 0.15) is 27.1 Å². The van der Waals surface area contributed by atoms with Crippen LogP contribution >= 0.6 is 0 Å². The molecule has 1 aromatic rings. The molecular formula is C13H10N2O5. The average molecular weight is 274 g/mol. The third-order valence-electron chi connectivity index (χ3n) is 3.29. The summed E-state index contributed by atoms with van der Waals surface area (Å²) in [5, 5.41) is 2.32. The van der Waals surface area contributed by atoms with Crippen LogP contribution in [-0.2, 0) is 9.53 Å². The fourth-order valence-corrected chi connectivity index (χ4v) is 2.28. The highest BCUT2D eigenvalue weighted by atomic mass is 16.6. The summed E-state index contributed by atoms with van der Waals surface area (Å²) in [7, 11) is 0. The first-order valence-corrected chi connectivity index (χ1v) is 6.05. The SMILES string of the molecule is O=C1NC(CCN2C(=O)c3ccccc3C2=O)C(=O)O1. The Morgan fingerprint density at radius 3 is 2.15 bits per heavy atom. The number of imide groups is 1. The molecule has 7 nitrogen and oxygen atoms in total. The zero-order valence-corrected chi connectivity index (χ0v) is 10.3. The monoisotopic (exact) mass is 274 g/mol. The minimum absolute atomic E-state index is 0.0480. The maximum absolute atomic E-state index is 12.1. The Hall–Kier alpha value is -2.70. The molecule has 3 rings (SSSR count). The Bertz CT molecular complexity index is 604. The molecule has 1 unspecified atom stereocenters. The fourth-order valence-electron chi connectivity index (χ4n) is 2.28. The number of esters is 1. The molecule has 2 aliphatic rings. The third-order valence-corrected chi connectivity index (χ3v) is 3.29. The van der Waals surface area contributed by atoms with Gasteiger partial charge >= 0.3 is 12.1 Å². The highest BCUT2D eigenvalue weighted by molar-refractivity contribution is 6.21. The van der Waals surface area contributed by atoms with E-state index in [0.717, 1.165) is 4.90 Å². The largest absolute Gasteiger partial charge is 0.415 e. The second kappa shape index (κ2) is 4.44. The standard InChI is InChI=1S/C13H10N2O5/c16-10-7-3-1-2-4-8(7)11(17)15(10)6-5-9-12(18)20-13(19)14-9/h1-4,9H,5-6H2,(H,14,19). The number of alkyl carbamates (subject to hydrolysis) is 1. The molecule has 1 N–H and O–H groups in total. The van der Waals surface area contributed by atoms with Crippen molar-refractivity contribution < 1.29 is 23.9 Å². The number of nitrogens with one attached hydrogen (secondary N) is 1. The van der Waals surface area contributed by atoms with E-state index >= 15 is 0 Å². The number of carbonyl (C=O) groups excluding carboxylic acids is 4. The molecule has 3 amide bonds. The number of rotatable bonds is 3. The van der Waals surface area contributed by atoms with Crippen LogP contribution in [0, 0.1) is 0 Å². The summed E-state index contributed by atoms with van der Waals surface area (Å²) in [6.07, 6.45) is -0.668. The summed E-state index contributed by atoms with van der Waals surface area (Å²) in [6, 6.07) is 5.72. The summed E-state index contributed by atoms with van der Waals surface area (Å²) in [5.74, 6) is -1.46. The van der Waals surface area contributed by atoms with Crippen molar-refractivity contribution in [3.8, 4) is 0 Å². The number of benzene rings is 1. The van der Waals surface area contributed by atoms with E-state index in [1.807, 2.05) is 0 Å². The van der Waals surface area contributed by atoms with Crippen LogP contribution in [0.2, 0.25) is 0 Å². The van der Waals surface area contributed by atoms with Gasteiger partial charge in [-0.15, -0.1) is 0 Å². The van der Waals surface area contributed by atoms with E-state index in [1.54, 1.807) is 24.3 Å². The van der Waals surface area contributed by atoms with Gasteiger partial charge in [0, 0.05) is 6.54 Å². The number of carbonyl (C=O) groups is 4. The molecule has 0 spiro atoms. The number of hydrogen-bond donors (Lipinski definition) is 1. The van der Waals surface area contributed by atoms with E-state index < -0.39 is 18.1 Å². The lowest BCUT2D eigenvalue weighted by Gasteiger charge is -2.14. The van der Waals surface area contributed by atoms with Gasteiger partial charge in [0.15, 0.2) is 0 Å². The van der Waals surface area contributed by atoms with E-state index in [0.29, 0.717) is 11.1 Å². The van der Waals surface area contributed by atoms with Gasteiger partial charge in [-0.3, -0.25) is 14.5 Å². The topological polar surface area (TPSA) is 92.8 Å². The van der Waals surface area contributed by atoms with Crippen LogP contribution in [0.3, 0.4) is 0 Å². The number of cyclic esters (lactones) is 2. The highest BCUT2D eigenvalue weighted by Gasteiger charge is 2.37. The minimum Gasteiger partial charge on any atom is -0.375 e. The second-order valence-electron chi connectivity index (χ2n) is 4.50. The summed E-state index contributed by atoms with van der Waals surface area (Å²) in [6.45, 7) is 0.0480. The lowest BCUT2D eigenvalue weighted by atomic mass is 10.1. The first-order valence-electron chi connectivity index (χ1n) is 6.05. The third kappa shape index (κ3) is 1.83. The van der Waals surface area contributed by atoms with Crippen LogP contribution in [0.5, 0.6) is 0 Å². The Morgan fingerprint density at radius 2 is 1.65 bits per heavy atom. The van der Waals surface area contributed by atoms with Gasteiger partial charge in [-0.1, -0.05) is 12.1 Å². The van der Waals surface area contributed by atoms with E-state index in [1.165, 1.54) is 0 Å². The maximum Gasteiger partial charge on any atom is 0.415 e. The van der Waals surface area contributed by atoms with Crippen molar-refractivity contribution in [3.05, 3.63) is 35.4 Å². The second-order valence-corrected chi connectivity index (χ2v) is 4.50. The van der Waals surface area contributed by atoms with Crippen LogP contribution < -0.4 is 5.32 Å². The minimum atomic E-state index is -0.813. The molecule has 2 heterocycles. The van der Waals surface area contributed by atoms with Crippen LogP contribution in [0.15, 0.2) is 24.3 Å². The molecule has 2 aliphatic heterocycles. The summed E-state index contributed by atoms with van der Waals surface area (Å²) in [4.78, 5) is 47.3. The van der Waals surface area contributed by atoms with Gasteiger partial charge in [0.2, 0.25) is 0 Å². The zero-order valence-electron chi connectivity index (χ0n) is 10.3. The molecule has 1 fully saturated rings. The Labute approximate surface area is 113 Å². The summed E-state index contributed by atoms with van der Waals surface area (Å²) in [5.41, 5.74) is 0.714. The first-order chi connectivity index (χ1) is 9.58. The Kier molecular flexibility index (Phi) is 2.74. The van der Waals surface area contributed by atoms with Gasteiger partial charge in [0.05, 0.1) is 11.1 Å². The molecule has 1 atom stereocenters. The smallest absolute Gasteiger partial charge is 0.375 e. The molecule has 7 heteroatoms. The van der Waals surface area contributed by atoms with Crippen molar-refractivity contribution in [3.63, 3.8) is 0 Å². The molecule has 0 aromatic heterocycles. The molecule has 0 bridgehead atoms. The molecule has 0 radical (unpaired) electrons. The molecule has 0 aliphatic carbocycles. The molecule has 102 valence electrons. The molecule has 1 aromatic carbocycles. The summed E-state index contributed by atoms with van der Waals surface area (Å²) >= 11 is 0. The van der Waals surface area contributed by atoms with Gasteiger partial charge < -0.3 is 10.1 Å². The van der Waals surface area contributed by atoms with E-state index in [9.17, 15) is 19.2 Å². The van der Waals surface area contributed by atoms with Gasteiger partial charge in [-0.25, -0.2) is 9.59 Å². The van der Waals surface area contributed by atoms with Crippen molar-refractivity contribution in [2.75, 3.05) is 6.54 Å². The van der Waals surface area contributed by atoms with E-state index in [-0.39, 0.29) is 24.8 Å². The number of hydrogen-bond acceptors (Lipinski definition) is 5. The maximum atomic E-state index is 12.1. The number of fused-ring (bicyclic) bond motifs is 1. The quantitative estimate of drug-likeness (QED) is 0.486. The van der Waals surface area contributed by atoms with Crippen molar-refractivity contribution in [1.29, 1.82) is 0 Å². The van der Waals surface area contributed by atoms with Crippen molar-refractivity contribution in [1.82, 2.24) is 10.2 Å². The van der Waals surface area contributed by atoms with Gasteiger partial charge in [-0.05, 0) is 18.6 Å². The van der Waals surface area contributed by atoms with Crippen molar-refractivity contribution in [2.45, 2.75) is 12.5 Å². The first kappa shape index (κ1) is 12.3. The average Bonchev–Trinajstić information content (AvgIpc) is 2.87. The predicted octanol–water partition coefficient (Wildman–Crippen LogP) is 0.308. The highest BCUT2D eigenvalue weighted by Crippen LogP contribution is 2.22. The molecular weight excluding hydrogens is 264 g/mol. The Morgan fingerprint density at radius 1 is 1.05 bits per heavy atom.